The summed E-state index contributed by atoms with van der Waals surface area (Å²) in [5.41, 5.74) is 5.82. The lowest BCUT2D eigenvalue weighted by Crippen LogP contribution is -2.29. The van der Waals surface area contributed by atoms with Crippen molar-refractivity contribution in [1.29, 1.82) is 0 Å². The number of amides is 2. The number of nitrogens with one attached hydrogen (secondary N) is 1. The van der Waals surface area contributed by atoms with E-state index < -0.39 is 5.91 Å². The molecule has 7 heteroatoms. The van der Waals surface area contributed by atoms with E-state index in [0.29, 0.717) is 34.8 Å². The smallest absolute Gasteiger partial charge is 0.252 e. The van der Waals surface area contributed by atoms with Gasteiger partial charge < -0.3 is 20.5 Å². The summed E-state index contributed by atoms with van der Waals surface area (Å²) in [5.74, 6) is -1.04. The molecule has 0 heterocycles. The summed E-state index contributed by atoms with van der Waals surface area (Å²) in [6.07, 6.45) is 0.819. The minimum atomic E-state index is -0.603. The second kappa shape index (κ2) is 10.9. The highest BCUT2D eigenvalue weighted by molar-refractivity contribution is 6.36. The lowest BCUT2D eigenvalue weighted by molar-refractivity contribution is -0.0827. The van der Waals surface area contributed by atoms with Crippen molar-refractivity contribution >= 4 is 21.3 Å². The van der Waals surface area contributed by atoms with E-state index in [1.165, 1.54) is 0 Å². The van der Waals surface area contributed by atoms with Crippen molar-refractivity contribution in [2.75, 3.05) is 19.8 Å². The average molecular weight is 336 g/mol. The lowest BCUT2D eigenvalue weighted by Gasteiger charge is -2.16. The highest BCUT2D eigenvalue weighted by Crippen LogP contribution is 2.08. The Kier molecular flexibility index (Phi) is 9.19. The van der Waals surface area contributed by atoms with Crippen LogP contribution in [0.25, 0.3) is 0 Å². The number of primary amides is 1. The largest absolute Gasteiger partial charge is 0.366 e. The van der Waals surface area contributed by atoms with E-state index in [9.17, 15) is 9.59 Å². The number of hydrogen-bond acceptors (Lipinski definition) is 4. The SMILES string of the molecule is CCOC(OCC)[Si]CCCNC(=O)c1ccccc1C(N)=O. The van der Waals surface area contributed by atoms with Crippen molar-refractivity contribution in [3.05, 3.63) is 35.4 Å². The lowest BCUT2D eigenvalue weighted by atomic mass is 10.1. The van der Waals surface area contributed by atoms with Gasteiger partial charge in [-0.15, -0.1) is 0 Å². The van der Waals surface area contributed by atoms with Crippen molar-refractivity contribution in [2.45, 2.75) is 32.2 Å². The Morgan fingerprint density at radius 2 is 1.78 bits per heavy atom. The summed E-state index contributed by atoms with van der Waals surface area (Å²) < 4.78 is 10.9. The molecule has 0 fully saturated rings. The summed E-state index contributed by atoms with van der Waals surface area (Å²) in [6, 6.07) is 7.43. The van der Waals surface area contributed by atoms with Gasteiger partial charge in [0.1, 0.15) is 15.4 Å². The van der Waals surface area contributed by atoms with Crippen molar-refractivity contribution in [3.63, 3.8) is 0 Å². The molecule has 0 saturated heterocycles. The van der Waals surface area contributed by atoms with Crippen LogP contribution in [0.4, 0.5) is 0 Å². The maximum absolute atomic E-state index is 12.1. The first-order valence-electron chi connectivity index (χ1n) is 7.73. The topological polar surface area (TPSA) is 90.7 Å². The molecule has 126 valence electrons. The monoisotopic (exact) mass is 336 g/mol. The van der Waals surface area contributed by atoms with Gasteiger partial charge >= 0.3 is 0 Å². The van der Waals surface area contributed by atoms with Gasteiger partial charge in [0, 0.05) is 19.8 Å². The minimum Gasteiger partial charge on any atom is -0.366 e. The Bertz CT molecular complexity index is 505. The zero-order valence-corrected chi connectivity index (χ0v) is 14.6. The van der Waals surface area contributed by atoms with E-state index in [4.69, 9.17) is 15.2 Å². The van der Waals surface area contributed by atoms with Gasteiger partial charge in [0.05, 0.1) is 11.1 Å². The number of benzene rings is 1. The van der Waals surface area contributed by atoms with Crippen LogP contribution in [0.2, 0.25) is 6.04 Å². The number of ether oxygens (including phenoxy) is 2. The molecule has 0 saturated carbocycles. The molecule has 0 aliphatic carbocycles. The van der Waals surface area contributed by atoms with Crippen molar-refractivity contribution in [1.82, 2.24) is 5.32 Å². The van der Waals surface area contributed by atoms with E-state index in [2.05, 4.69) is 5.32 Å². The number of rotatable bonds is 11. The van der Waals surface area contributed by atoms with Gasteiger partial charge in [-0.3, -0.25) is 9.59 Å². The summed E-state index contributed by atoms with van der Waals surface area (Å²) in [5, 5.41) is 2.81. The van der Waals surface area contributed by atoms with Gasteiger partial charge in [0.2, 0.25) is 5.91 Å². The Morgan fingerprint density at radius 3 is 2.35 bits per heavy atom. The molecule has 0 bridgehead atoms. The Balaban J connectivity index is 2.36. The van der Waals surface area contributed by atoms with Crippen LogP contribution in [0, 0.1) is 0 Å². The normalized spacial score (nSPS) is 10.7. The number of carbonyl (C=O) groups excluding carboxylic acids is 2. The molecule has 1 aromatic rings. The van der Waals surface area contributed by atoms with E-state index in [0.717, 1.165) is 12.5 Å². The van der Waals surface area contributed by atoms with E-state index >= 15 is 0 Å². The molecule has 1 rings (SSSR count). The predicted octanol–water partition coefficient (Wildman–Crippen LogP) is 1.38. The zero-order valence-electron chi connectivity index (χ0n) is 13.6. The summed E-state index contributed by atoms with van der Waals surface area (Å²) in [6.45, 7) is 5.65. The summed E-state index contributed by atoms with van der Waals surface area (Å²) >= 11 is 0. The standard InChI is InChI=1S/C16H24N2O4Si/c1-3-21-16(22-4-2)23-11-7-10-18-15(20)13-9-6-5-8-12(13)14(17)19/h5-6,8-9,16H,3-4,7,10-11H2,1-2H3,(H2,17,19)(H,18,20). The molecule has 0 aliphatic heterocycles. The van der Waals surface area contributed by atoms with Crippen LogP contribution in [0.3, 0.4) is 0 Å². The Hall–Kier alpha value is -1.70. The second-order valence-corrected chi connectivity index (χ2v) is 6.10. The van der Waals surface area contributed by atoms with Gasteiger partial charge in [-0.05, 0) is 32.4 Å². The zero-order chi connectivity index (χ0) is 17.1. The number of carbonyl (C=O) groups is 2. The third kappa shape index (κ3) is 6.94. The molecule has 2 radical (unpaired) electrons. The molecular formula is C16H24N2O4Si. The quantitative estimate of drug-likeness (QED) is 0.363. The first-order valence-corrected chi connectivity index (χ1v) is 9.02. The molecule has 0 spiro atoms. The fourth-order valence-corrected chi connectivity index (χ4v) is 3.16. The molecule has 6 nitrogen and oxygen atoms in total. The third-order valence-electron chi connectivity index (χ3n) is 3.02. The number of nitrogens with two attached hydrogens (primary N) is 1. The van der Waals surface area contributed by atoms with Crippen LogP contribution in [-0.2, 0) is 9.47 Å². The second-order valence-electron chi connectivity index (χ2n) is 4.72. The summed E-state index contributed by atoms with van der Waals surface area (Å²) in [4.78, 5) is 23.4. The van der Waals surface area contributed by atoms with Gasteiger partial charge in [-0.1, -0.05) is 18.2 Å². The highest BCUT2D eigenvalue weighted by atomic mass is 28.2. The molecule has 0 aromatic heterocycles. The van der Waals surface area contributed by atoms with Gasteiger partial charge in [-0.2, -0.15) is 0 Å². The first kappa shape index (κ1) is 19.3. The van der Waals surface area contributed by atoms with Gasteiger partial charge in [-0.25, -0.2) is 0 Å². The highest BCUT2D eigenvalue weighted by Gasteiger charge is 2.14. The molecule has 0 aliphatic rings. The van der Waals surface area contributed by atoms with Gasteiger partial charge in [0.25, 0.3) is 5.91 Å². The van der Waals surface area contributed by atoms with E-state index in [1.807, 2.05) is 13.8 Å². The van der Waals surface area contributed by atoms with Crippen LogP contribution >= 0.6 is 0 Å². The van der Waals surface area contributed by atoms with Crippen LogP contribution in [0.15, 0.2) is 24.3 Å². The van der Waals surface area contributed by atoms with Crippen LogP contribution in [0.1, 0.15) is 41.0 Å². The third-order valence-corrected chi connectivity index (χ3v) is 4.33. The fourth-order valence-electron chi connectivity index (χ4n) is 1.97. The maximum Gasteiger partial charge on any atom is 0.252 e. The first-order chi connectivity index (χ1) is 11.1. The average Bonchev–Trinajstić information content (AvgIpc) is 2.54. The summed E-state index contributed by atoms with van der Waals surface area (Å²) in [7, 11) is 0.531. The molecular weight excluding hydrogens is 312 g/mol. The van der Waals surface area contributed by atoms with Crippen LogP contribution in [-0.4, -0.2) is 47.0 Å². The molecule has 0 unspecified atom stereocenters. The molecule has 23 heavy (non-hydrogen) atoms. The fraction of sp³-hybridized carbons (Fsp3) is 0.500. The molecule has 1 aromatic carbocycles. The Morgan fingerprint density at radius 1 is 1.17 bits per heavy atom. The van der Waals surface area contributed by atoms with Gasteiger partial charge in [0.15, 0.2) is 0 Å². The van der Waals surface area contributed by atoms with E-state index in [-0.39, 0.29) is 17.4 Å². The minimum absolute atomic E-state index is 0.156. The van der Waals surface area contributed by atoms with Crippen molar-refractivity contribution in [3.8, 4) is 0 Å². The number of hydrogen-bond donors (Lipinski definition) is 2. The van der Waals surface area contributed by atoms with Crippen molar-refractivity contribution < 1.29 is 19.1 Å². The molecule has 0 atom stereocenters. The molecule has 3 N–H and O–H groups in total. The van der Waals surface area contributed by atoms with Crippen LogP contribution in [0.5, 0.6) is 0 Å². The Labute approximate surface area is 139 Å². The molecule has 2 amide bonds. The van der Waals surface area contributed by atoms with Crippen molar-refractivity contribution in [2.24, 2.45) is 5.73 Å². The maximum atomic E-state index is 12.1. The van der Waals surface area contributed by atoms with E-state index in [1.54, 1.807) is 24.3 Å². The van der Waals surface area contributed by atoms with Crippen LogP contribution < -0.4 is 11.1 Å². The predicted molar refractivity (Wildman–Crippen MR) is 89.5 cm³/mol.